The molecule has 1 aromatic carbocycles. The van der Waals surface area contributed by atoms with Gasteiger partial charge in [0.1, 0.15) is 16.2 Å². The Morgan fingerprint density at radius 3 is 2.40 bits per heavy atom. The van der Waals surface area contributed by atoms with E-state index >= 15 is 0 Å². The summed E-state index contributed by atoms with van der Waals surface area (Å²) in [5.74, 6) is -0.705. The fourth-order valence-electron chi connectivity index (χ4n) is 1.36. The number of amides is 1. The van der Waals surface area contributed by atoms with E-state index in [0.717, 1.165) is 0 Å². The highest BCUT2D eigenvalue weighted by Crippen LogP contribution is 2.32. The van der Waals surface area contributed by atoms with Crippen LogP contribution in [0.5, 0.6) is 5.75 Å². The highest BCUT2D eigenvalue weighted by Gasteiger charge is 2.33. The average Bonchev–Trinajstić information content (AvgIpc) is 2.30. The molecule has 0 aromatic heterocycles. The molecule has 0 aliphatic carbocycles. The Morgan fingerprint density at radius 2 is 1.95 bits per heavy atom. The van der Waals surface area contributed by atoms with Crippen molar-refractivity contribution in [3.05, 3.63) is 16.6 Å². The Morgan fingerprint density at radius 1 is 1.40 bits per heavy atom. The highest BCUT2D eigenvalue weighted by molar-refractivity contribution is 9.10. The minimum absolute atomic E-state index is 0.0962. The van der Waals surface area contributed by atoms with Crippen molar-refractivity contribution in [3.8, 4) is 5.75 Å². The zero-order chi connectivity index (χ0) is 15.7. The third kappa shape index (κ3) is 3.41. The molecule has 0 atom stereocenters. The summed E-state index contributed by atoms with van der Waals surface area (Å²) in [6, 6.07) is 2.67. The van der Waals surface area contributed by atoms with Crippen LogP contribution in [0.1, 0.15) is 13.8 Å². The maximum absolute atomic E-state index is 12.3. The molecule has 112 valence electrons. The lowest BCUT2D eigenvalue weighted by atomic mass is 10.1. The molecule has 20 heavy (non-hydrogen) atoms. The van der Waals surface area contributed by atoms with Crippen molar-refractivity contribution in [1.82, 2.24) is 4.72 Å². The number of nitrogens with two attached hydrogens (primary N) is 2. The van der Waals surface area contributed by atoms with Crippen molar-refractivity contribution in [2.45, 2.75) is 24.3 Å². The number of methoxy groups -OCH3 is 1. The van der Waals surface area contributed by atoms with Gasteiger partial charge in [0, 0.05) is 10.2 Å². The lowest BCUT2D eigenvalue weighted by Crippen LogP contribution is -2.52. The van der Waals surface area contributed by atoms with E-state index in [-0.39, 0.29) is 16.3 Å². The van der Waals surface area contributed by atoms with Gasteiger partial charge < -0.3 is 16.2 Å². The quantitative estimate of drug-likeness (QED) is 0.658. The number of halogens is 1. The number of anilines is 1. The summed E-state index contributed by atoms with van der Waals surface area (Å²) < 4.78 is 32.4. The number of nitrogen functional groups attached to an aromatic ring is 1. The first-order valence-corrected chi connectivity index (χ1v) is 7.76. The van der Waals surface area contributed by atoms with Gasteiger partial charge in [0.2, 0.25) is 15.9 Å². The molecule has 1 aromatic rings. The molecule has 0 radical (unpaired) electrons. The Hall–Kier alpha value is -1.32. The zero-order valence-corrected chi connectivity index (χ0v) is 13.6. The maximum atomic E-state index is 12.3. The van der Waals surface area contributed by atoms with Crippen LogP contribution in [0.4, 0.5) is 5.69 Å². The first-order valence-electron chi connectivity index (χ1n) is 5.48. The largest absolute Gasteiger partial charge is 0.495 e. The van der Waals surface area contributed by atoms with Crippen LogP contribution in [0.25, 0.3) is 0 Å². The van der Waals surface area contributed by atoms with Gasteiger partial charge in [-0.1, -0.05) is 0 Å². The van der Waals surface area contributed by atoms with Crippen LogP contribution in [0, 0.1) is 0 Å². The van der Waals surface area contributed by atoms with Gasteiger partial charge in [-0.15, -0.1) is 0 Å². The fraction of sp³-hybridized carbons (Fsp3) is 0.364. The van der Waals surface area contributed by atoms with E-state index < -0.39 is 21.5 Å². The summed E-state index contributed by atoms with van der Waals surface area (Å²) >= 11 is 3.18. The van der Waals surface area contributed by atoms with Gasteiger partial charge in [-0.05, 0) is 41.9 Å². The topological polar surface area (TPSA) is 125 Å². The number of rotatable bonds is 5. The molecule has 0 aliphatic rings. The fourth-order valence-corrected chi connectivity index (χ4v) is 3.26. The number of sulfonamides is 1. The van der Waals surface area contributed by atoms with E-state index in [1.54, 1.807) is 0 Å². The molecular formula is C11H16BrN3O4S. The van der Waals surface area contributed by atoms with Crippen LogP contribution in [0.2, 0.25) is 0 Å². The molecule has 1 amide bonds. The van der Waals surface area contributed by atoms with E-state index in [2.05, 4.69) is 20.7 Å². The van der Waals surface area contributed by atoms with E-state index in [1.165, 1.54) is 33.1 Å². The molecule has 9 heteroatoms. The standard InChI is InChI=1S/C11H16BrN3O4S/c1-11(2,10(14)16)15-20(17,18)9-5-7(13)6(12)4-8(9)19-3/h4-5,15H,13H2,1-3H3,(H2,14,16). The molecule has 0 unspecified atom stereocenters. The third-order valence-electron chi connectivity index (χ3n) is 2.58. The Balaban J connectivity index is 3.36. The Labute approximate surface area is 125 Å². The summed E-state index contributed by atoms with van der Waals surface area (Å²) in [4.78, 5) is 11.1. The van der Waals surface area contributed by atoms with Crippen LogP contribution in [-0.4, -0.2) is 27.0 Å². The normalized spacial score (nSPS) is 12.2. The van der Waals surface area contributed by atoms with Crippen molar-refractivity contribution in [1.29, 1.82) is 0 Å². The molecule has 0 heterocycles. The summed E-state index contributed by atoms with van der Waals surface area (Å²) in [5.41, 5.74) is 9.62. The minimum atomic E-state index is -4.02. The van der Waals surface area contributed by atoms with Gasteiger partial charge in [0.15, 0.2) is 0 Å². The molecule has 0 aliphatic heterocycles. The van der Waals surface area contributed by atoms with E-state index in [4.69, 9.17) is 16.2 Å². The van der Waals surface area contributed by atoms with Crippen LogP contribution in [0.3, 0.4) is 0 Å². The van der Waals surface area contributed by atoms with Crippen LogP contribution in [-0.2, 0) is 14.8 Å². The lowest BCUT2D eigenvalue weighted by Gasteiger charge is -2.23. The second-order valence-corrected chi connectivity index (χ2v) is 7.12. The molecule has 0 saturated carbocycles. The summed E-state index contributed by atoms with van der Waals surface area (Å²) in [5, 5.41) is 0. The van der Waals surface area contributed by atoms with Crippen LogP contribution in [0.15, 0.2) is 21.5 Å². The first kappa shape index (κ1) is 16.7. The van der Waals surface area contributed by atoms with Crippen molar-refractivity contribution in [3.63, 3.8) is 0 Å². The monoisotopic (exact) mass is 365 g/mol. The predicted molar refractivity (Wildman–Crippen MR) is 78.7 cm³/mol. The second-order valence-electron chi connectivity index (χ2n) is 4.62. The highest BCUT2D eigenvalue weighted by atomic mass is 79.9. The summed E-state index contributed by atoms with van der Waals surface area (Å²) in [6.45, 7) is 2.73. The molecule has 0 bridgehead atoms. The van der Waals surface area contributed by atoms with Gasteiger partial charge in [-0.3, -0.25) is 4.79 Å². The number of ether oxygens (including phenoxy) is 1. The van der Waals surface area contributed by atoms with Crippen molar-refractivity contribution >= 4 is 37.5 Å². The minimum Gasteiger partial charge on any atom is -0.495 e. The number of hydrogen-bond donors (Lipinski definition) is 3. The second kappa shape index (κ2) is 5.58. The lowest BCUT2D eigenvalue weighted by molar-refractivity contribution is -0.122. The Bertz CT molecular complexity index is 643. The van der Waals surface area contributed by atoms with Crippen molar-refractivity contribution < 1.29 is 17.9 Å². The number of primary amides is 1. The molecule has 5 N–H and O–H groups in total. The number of nitrogens with one attached hydrogen (secondary N) is 1. The summed E-state index contributed by atoms with van der Waals surface area (Å²) in [7, 11) is -2.69. The van der Waals surface area contributed by atoms with Gasteiger partial charge in [0.05, 0.1) is 7.11 Å². The molecular weight excluding hydrogens is 350 g/mol. The van der Waals surface area contributed by atoms with Crippen LogP contribution < -0.4 is 20.9 Å². The van der Waals surface area contributed by atoms with Crippen LogP contribution >= 0.6 is 15.9 Å². The van der Waals surface area contributed by atoms with E-state index in [0.29, 0.717) is 4.47 Å². The number of carbonyl (C=O) groups excluding carboxylic acids is 1. The molecule has 7 nitrogen and oxygen atoms in total. The SMILES string of the molecule is COc1cc(Br)c(N)cc1S(=O)(=O)NC(C)(C)C(N)=O. The van der Waals surface area contributed by atoms with Gasteiger partial charge in [-0.2, -0.15) is 4.72 Å². The number of hydrogen-bond acceptors (Lipinski definition) is 5. The number of benzene rings is 1. The van der Waals surface area contributed by atoms with Gasteiger partial charge in [0.25, 0.3) is 0 Å². The van der Waals surface area contributed by atoms with Crippen molar-refractivity contribution in [2.24, 2.45) is 5.73 Å². The third-order valence-corrected chi connectivity index (χ3v) is 4.94. The van der Waals surface area contributed by atoms with Gasteiger partial charge >= 0.3 is 0 Å². The molecule has 0 saturated heterocycles. The first-order chi connectivity index (χ1) is 9.01. The molecule has 1 rings (SSSR count). The van der Waals surface area contributed by atoms with Crippen molar-refractivity contribution in [2.75, 3.05) is 12.8 Å². The predicted octanol–water partition coefficient (Wildman–Crippen LogP) is 0.582. The Kier molecular flexibility index (Phi) is 4.67. The summed E-state index contributed by atoms with van der Waals surface area (Å²) in [6.07, 6.45) is 0. The zero-order valence-electron chi connectivity index (χ0n) is 11.2. The maximum Gasteiger partial charge on any atom is 0.245 e. The smallest absolute Gasteiger partial charge is 0.245 e. The van der Waals surface area contributed by atoms with Gasteiger partial charge in [-0.25, -0.2) is 8.42 Å². The number of carbonyl (C=O) groups is 1. The molecule has 0 spiro atoms. The van der Waals surface area contributed by atoms with E-state index in [9.17, 15) is 13.2 Å². The van der Waals surface area contributed by atoms with E-state index in [1.807, 2.05) is 0 Å². The molecule has 0 fully saturated rings. The average molecular weight is 366 g/mol.